The number of nitrogens with zero attached hydrogens (tertiary/aromatic N) is 1. The van der Waals surface area contributed by atoms with Crippen molar-refractivity contribution in [2.24, 2.45) is 4.99 Å². The van der Waals surface area contributed by atoms with Gasteiger partial charge >= 0.3 is 0 Å². The molecule has 0 saturated heterocycles. The Hall–Kier alpha value is -1.60. The van der Waals surface area contributed by atoms with Crippen LogP contribution in [0.25, 0.3) is 0 Å². The number of rotatable bonds is 9. The lowest BCUT2D eigenvalue weighted by molar-refractivity contribution is 0.389. The molecule has 0 saturated carbocycles. The van der Waals surface area contributed by atoms with Crippen LogP contribution in [0.3, 0.4) is 0 Å². The Morgan fingerprint density at radius 2 is 1.71 bits per heavy atom. The van der Waals surface area contributed by atoms with Gasteiger partial charge in [0.05, 0.1) is 6.26 Å². The molecule has 0 amide bonds. The van der Waals surface area contributed by atoms with Crippen LogP contribution in [0, 0.1) is 0 Å². The first-order valence-electron chi connectivity index (χ1n) is 8.31. The van der Waals surface area contributed by atoms with Crippen LogP contribution in [0.2, 0.25) is 0 Å². The molecular weight excluding hydrogens is 324 g/mol. The number of nitrogens with one attached hydrogen (secondary N) is 3. The molecule has 136 valence electrons. The van der Waals surface area contributed by atoms with Gasteiger partial charge in [0.1, 0.15) is 0 Å². The molecule has 3 N–H and O–H groups in total. The molecule has 1 aromatic carbocycles. The van der Waals surface area contributed by atoms with Crippen molar-refractivity contribution in [2.75, 3.05) is 32.9 Å². The van der Waals surface area contributed by atoms with Crippen LogP contribution in [0.1, 0.15) is 32.3 Å². The fourth-order valence-corrected chi connectivity index (χ4v) is 3.17. The molecule has 7 heteroatoms. The Labute approximate surface area is 146 Å². The summed E-state index contributed by atoms with van der Waals surface area (Å²) in [6.45, 7) is 5.96. The van der Waals surface area contributed by atoms with Crippen molar-refractivity contribution in [1.82, 2.24) is 15.4 Å². The summed E-state index contributed by atoms with van der Waals surface area (Å²) in [4.78, 5) is 4.20. The van der Waals surface area contributed by atoms with Crippen molar-refractivity contribution in [3.05, 3.63) is 35.9 Å². The van der Waals surface area contributed by atoms with Crippen molar-refractivity contribution in [3.8, 4) is 0 Å². The highest BCUT2D eigenvalue weighted by molar-refractivity contribution is 7.88. The summed E-state index contributed by atoms with van der Waals surface area (Å²) in [5.41, 5.74) is 1.36. The molecule has 0 spiro atoms. The SMILES string of the molecule is CCC(CC)(CNC(=NC)NCCNS(C)(=O)=O)c1ccccc1. The lowest BCUT2D eigenvalue weighted by atomic mass is 9.76. The van der Waals surface area contributed by atoms with E-state index in [9.17, 15) is 8.42 Å². The number of hydrogen-bond acceptors (Lipinski definition) is 3. The third kappa shape index (κ3) is 6.49. The molecule has 0 fully saturated rings. The summed E-state index contributed by atoms with van der Waals surface area (Å²) in [6, 6.07) is 10.5. The van der Waals surface area contributed by atoms with Crippen molar-refractivity contribution >= 4 is 16.0 Å². The van der Waals surface area contributed by atoms with Crippen LogP contribution in [0.4, 0.5) is 0 Å². The van der Waals surface area contributed by atoms with Gasteiger partial charge in [0.2, 0.25) is 10.0 Å². The molecular formula is C17H30N4O2S. The van der Waals surface area contributed by atoms with Crippen molar-refractivity contribution < 1.29 is 8.42 Å². The zero-order chi connectivity index (χ0) is 18.1. The molecule has 6 nitrogen and oxygen atoms in total. The van der Waals surface area contributed by atoms with Crippen molar-refractivity contribution in [1.29, 1.82) is 0 Å². The molecule has 0 aliphatic heterocycles. The van der Waals surface area contributed by atoms with E-state index >= 15 is 0 Å². The Bertz CT molecular complexity index is 611. The lowest BCUT2D eigenvalue weighted by Crippen LogP contribution is -2.46. The Kier molecular flexibility index (Phi) is 8.21. The number of guanidine groups is 1. The predicted molar refractivity (Wildman–Crippen MR) is 101 cm³/mol. The standard InChI is InChI=1S/C17H30N4O2S/c1-5-17(6-2,15-10-8-7-9-11-15)14-20-16(18-3)19-12-13-21-24(4,22)23/h7-11,21H,5-6,12-14H2,1-4H3,(H2,18,19,20). The van der Waals surface area contributed by atoms with Gasteiger partial charge in [-0.1, -0.05) is 44.2 Å². The van der Waals surface area contributed by atoms with E-state index in [1.165, 1.54) is 5.56 Å². The second-order valence-electron chi connectivity index (χ2n) is 5.87. The average Bonchev–Trinajstić information content (AvgIpc) is 2.58. The molecule has 0 atom stereocenters. The van der Waals surface area contributed by atoms with E-state index in [0.29, 0.717) is 19.0 Å². The fraction of sp³-hybridized carbons (Fsp3) is 0.588. The Balaban J connectivity index is 2.62. The van der Waals surface area contributed by atoms with E-state index in [2.05, 4.69) is 58.5 Å². The van der Waals surface area contributed by atoms with Crippen LogP contribution in [0.15, 0.2) is 35.3 Å². The van der Waals surface area contributed by atoms with Gasteiger partial charge in [-0.2, -0.15) is 0 Å². The minimum absolute atomic E-state index is 0.0455. The quantitative estimate of drug-likeness (QED) is 0.356. The average molecular weight is 355 g/mol. The normalized spacial score (nSPS) is 12.9. The molecule has 0 aliphatic rings. The van der Waals surface area contributed by atoms with Gasteiger partial charge in [0.15, 0.2) is 5.96 Å². The molecule has 0 aliphatic carbocycles. The van der Waals surface area contributed by atoms with Crippen LogP contribution in [0.5, 0.6) is 0 Å². The van der Waals surface area contributed by atoms with Crippen LogP contribution < -0.4 is 15.4 Å². The van der Waals surface area contributed by atoms with E-state index in [4.69, 9.17) is 0 Å². The maximum Gasteiger partial charge on any atom is 0.208 e. The van der Waals surface area contributed by atoms with Crippen LogP contribution in [-0.2, 0) is 15.4 Å². The largest absolute Gasteiger partial charge is 0.356 e. The fourth-order valence-electron chi connectivity index (χ4n) is 2.69. The molecule has 1 rings (SSSR count). The highest BCUT2D eigenvalue weighted by atomic mass is 32.2. The first-order chi connectivity index (χ1) is 11.4. The zero-order valence-electron chi connectivity index (χ0n) is 15.1. The molecule has 0 unspecified atom stereocenters. The summed E-state index contributed by atoms with van der Waals surface area (Å²) in [5, 5.41) is 6.50. The Morgan fingerprint density at radius 1 is 1.08 bits per heavy atom. The van der Waals surface area contributed by atoms with Crippen LogP contribution in [-0.4, -0.2) is 47.3 Å². The highest BCUT2D eigenvalue weighted by Crippen LogP contribution is 2.30. The van der Waals surface area contributed by atoms with Gasteiger partial charge in [-0.25, -0.2) is 13.1 Å². The predicted octanol–water partition coefficient (Wildman–Crippen LogP) is 1.46. The Morgan fingerprint density at radius 3 is 2.21 bits per heavy atom. The number of aliphatic imine (C=N–C) groups is 1. The van der Waals surface area contributed by atoms with E-state index in [0.717, 1.165) is 25.6 Å². The summed E-state index contributed by atoms with van der Waals surface area (Å²) in [6.07, 6.45) is 3.19. The van der Waals surface area contributed by atoms with E-state index in [1.54, 1.807) is 7.05 Å². The molecule has 0 aromatic heterocycles. The molecule has 0 heterocycles. The van der Waals surface area contributed by atoms with E-state index < -0.39 is 10.0 Å². The molecule has 1 aromatic rings. The van der Waals surface area contributed by atoms with Gasteiger partial charge < -0.3 is 10.6 Å². The molecule has 0 radical (unpaired) electrons. The molecule has 0 bridgehead atoms. The van der Waals surface area contributed by atoms with E-state index in [-0.39, 0.29) is 5.41 Å². The maximum atomic E-state index is 11.1. The van der Waals surface area contributed by atoms with Gasteiger partial charge in [0.25, 0.3) is 0 Å². The second-order valence-corrected chi connectivity index (χ2v) is 7.71. The number of hydrogen-bond donors (Lipinski definition) is 3. The topological polar surface area (TPSA) is 82.6 Å². The van der Waals surface area contributed by atoms with E-state index in [1.807, 2.05) is 6.07 Å². The third-order valence-electron chi connectivity index (χ3n) is 4.34. The van der Waals surface area contributed by atoms with Gasteiger partial charge in [-0.05, 0) is 18.4 Å². The van der Waals surface area contributed by atoms with Crippen molar-refractivity contribution in [3.63, 3.8) is 0 Å². The number of sulfonamides is 1. The minimum atomic E-state index is -3.16. The monoisotopic (exact) mass is 354 g/mol. The summed E-state index contributed by atoms with van der Waals surface area (Å²) >= 11 is 0. The second kappa shape index (κ2) is 9.64. The minimum Gasteiger partial charge on any atom is -0.356 e. The lowest BCUT2D eigenvalue weighted by Gasteiger charge is -2.33. The van der Waals surface area contributed by atoms with Crippen molar-refractivity contribution in [2.45, 2.75) is 32.1 Å². The van der Waals surface area contributed by atoms with Gasteiger partial charge in [-0.3, -0.25) is 4.99 Å². The van der Waals surface area contributed by atoms with Crippen LogP contribution >= 0.6 is 0 Å². The smallest absolute Gasteiger partial charge is 0.208 e. The summed E-state index contributed by atoms with van der Waals surface area (Å²) < 4.78 is 24.6. The number of benzene rings is 1. The highest BCUT2D eigenvalue weighted by Gasteiger charge is 2.28. The summed E-state index contributed by atoms with van der Waals surface area (Å²) in [7, 11) is -1.45. The van der Waals surface area contributed by atoms with Gasteiger partial charge in [-0.15, -0.1) is 0 Å². The maximum absolute atomic E-state index is 11.1. The summed E-state index contributed by atoms with van der Waals surface area (Å²) in [5.74, 6) is 0.674. The zero-order valence-corrected chi connectivity index (χ0v) is 15.9. The first kappa shape index (κ1) is 20.4. The van der Waals surface area contributed by atoms with Gasteiger partial charge in [0, 0.05) is 32.1 Å². The first-order valence-corrected chi connectivity index (χ1v) is 10.2. The molecule has 24 heavy (non-hydrogen) atoms. The third-order valence-corrected chi connectivity index (χ3v) is 5.07.